The molecule has 0 atom stereocenters. The van der Waals surface area contributed by atoms with Gasteiger partial charge in [0, 0.05) is 11.6 Å². The van der Waals surface area contributed by atoms with E-state index in [0.29, 0.717) is 12.1 Å². The predicted molar refractivity (Wildman–Crippen MR) is 53.7 cm³/mol. The maximum absolute atomic E-state index is 12.7. The number of rotatable bonds is 3. The van der Waals surface area contributed by atoms with Crippen molar-refractivity contribution in [3.05, 3.63) is 38.9 Å². The van der Waals surface area contributed by atoms with E-state index >= 15 is 0 Å². The van der Waals surface area contributed by atoms with Crippen LogP contribution in [0, 0.1) is 10.1 Å². The fraction of sp³-hybridized carbons (Fsp3) is 0.111. The van der Waals surface area contributed by atoms with Crippen LogP contribution in [-0.2, 0) is 6.18 Å². The smallest absolute Gasteiger partial charge is 0.298 e. The lowest BCUT2D eigenvalue weighted by molar-refractivity contribution is -0.388. The summed E-state index contributed by atoms with van der Waals surface area (Å²) in [6, 6.07) is 0.983. The van der Waals surface area contributed by atoms with Crippen LogP contribution in [-0.4, -0.2) is 16.5 Å². The van der Waals surface area contributed by atoms with Crippen molar-refractivity contribution >= 4 is 28.8 Å². The number of carbonyl (C=O) groups excluding carboxylic acids is 2. The first-order chi connectivity index (χ1) is 8.18. The highest BCUT2D eigenvalue weighted by Gasteiger charge is 2.42. The molecule has 0 bridgehead atoms. The Morgan fingerprint density at radius 2 is 1.94 bits per heavy atom. The average molecular weight is 282 g/mol. The number of nitro groups is 1. The zero-order valence-corrected chi connectivity index (χ0v) is 9.08. The van der Waals surface area contributed by atoms with Crippen LogP contribution in [0.2, 0.25) is 0 Å². The number of hydrogen-bond donors (Lipinski definition) is 0. The third kappa shape index (κ3) is 2.65. The molecule has 0 N–H and O–H groups in total. The maximum atomic E-state index is 12.7. The van der Waals surface area contributed by atoms with E-state index in [9.17, 15) is 32.9 Å². The number of hydrogen-bond acceptors (Lipinski definition) is 4. The van der Waals surface area contributed by atoms with E-state index in [1.54, 1.807) is 0 Å². The van der Waals surface area contributed by atoms with Gasteiger partial charge in [0.1, 0.15) is 11.8 Å². The van der Waals surface area contributed by atoms with Crippen molar-refractivity contribution in [2.75, 3.05) is 0 Å². The molecule has 0 fully saturated rings. The molecule has 0 saturated heterocycles. The molecule has 96 valence electrons. The molecule has 1 aromatic rings. The summed E-state index contributed by atoms with van der Waals surface area (Å²) in [4.78, 5) is 30.6. The van der Waals surface area contributed by atoms with E-state index in [2.05, 4.69) is 0 Å². The zero-order chi connectivity index (χ0) is 14.1. The van der Waals surface area contributed by atoms with Crippen LogP contribution >= 0.6 is 11.6 Å². The van der Waals surface area contributed by atoms with E-state index in [1.165, 1.54) is 0 Å². The van der Waals surface area contributed by atoms with Gasteiger partial charge in [-0.3, -0.25) is 19.7 Å². The quantitative estimate of drug-likeness (QED) is 0.369. The minimum Gasteiger partial charge on any atom is -0.298 e. The summed E-state index contributed by atoms with van der Waals surface area (Å²) in [5, 5.41) is 9.01. The molecule has 5 nitrogen and oxygen atoms in total. The molecule has 0 aromatic heterocycles. The molecule has 0 aliphatic heterocycles. The third-order valence-electron chi connectivity index (χ3n) is 1.97. The van der Waals surface area contributed by atoms with Crippen LogP contribution in [0.3, 0.4) is 0 Å². The molecule has 0 radical (unpaired) electrons. The van der Waals surface area contributed by atoms with Gasteiger partial charge in [-0.15, -0.1) is 0 Å². The second-order valence-electron chi connectivity index (χ2n) is 3.11. The highest BCUT2D eigenvalue weighted by atomic mass is 35.5. The Bertz CT molecular complexity index is 506. The molecule has 0 aliphatic rings. The van der Waals surface area contributed by atoms with E-state index in [0.717, 1.165) is 0 Å². The van der Waals surface area contributed by atoms with E-state index in [1.807, 2.05) is 0 Å². The Kier molecular flexibility index (Phi) is 3.70. The van der Waals surface area contributed by atoms with Gasteiger partial charge in [0.2, 0.25) is 0 Å². The second-order valence-corrected chi connectivity index (χ2v) is 3.45. The van der Waals surface area contributed by atoms with Gasteiger partial charge in [-0.1, -0.05) is 0 Å². The number of aldehydes is 1. The zero-order valence-electron chi connectivity index (χ0n) is 8.32. The normalized spacial score (nSPS) is 11.1. The van der Waals surface area contributed by atoms with Gasteiger partial charge in [-0.05, 0) is 17.7 Å². The number of alkyl halides is 3. The SMILES string of the molecule is O=Cc1cc(C(=O)Cl)c(C(F)(F)F)c([N+](=O)[O-])c1. The summed E-state index contributed by atoms with van der Waals surface area (Å²) in [5.41, 5.74) is -4.73. The van der Waals surface area contributed by atoms with Gasteiger partial charge in [0.05, 0.1) is 10.5 Å². The number of benzene rings is 1. The van der Waals surface area contributed by atoms with Gasteiger partial charge >= 0.3 is 6.18 Å². The Balaban J connectivity index is 3.78. The minimum atomic E-state index is -5.14. The molecule has 0 unspecified atom stereocenters. The molecule has 9 heteroatoms. The molecule has 0 heterocycles. The lowest BCUT2D eigenvalue weighted by atomic mass is 10.0. The Morgan fingerprint density at radius 3 is 2.28 bits per heavy atom. The monoisotopic (exact) mass is 281 g/mol. The standard InChI is InChI=1S/C9H3ClF3NO4/c10-8(16)5-1-4(3-15)2-6(14(17)18)7(5)9(11,12)13/h1-3H. The highest BCUT2D eigenvalue weighted by Crippen LogP contribution is 2.39. The molecule has 0 aliphatic carbocycles. The van der Waals surface area contributed by atoms with Gasteiger partial charge in [0.15, 0.2) is 0 Å². The number of halogens is 4. The summed E-state index contributed by atoms with van der Waals surface area (Å²) in [6.45, 7) is 0. The lowest BCUT2D eigenvalue weighted by Crippen LogP contribution is -2.14. The van der Waals surface area contributed by atoms with Crippen LogP contribution in [0.1, 0.15) is 26.3 Å². The number of nitro benzene ring substituents is 1. The van der Waals surface area contributed by atoms with Crippen LogP contribution < -0.4 is 0 Å². The van der Waals surface area contributed by atoms with Crippen molar-refractivity contribution in [3.8, 4) is 0 Å². The van der Waals surface area contributed by atoms with Crippen molar-refractivity contribution in [1.29, 1.82) is 0 Å². The average Bonchev–Trinajstić information content (AvgIpc) is 2.25. The van der Waals surface area contributed by atoms with Gasteiger partial charge < -0.3 is 0 Å². The summed E-state index contributed by atoms with van der Waals surface area (Å²) in [7, 11) is 0. The first kappa shape index (κ1) is 14.1. The van der Waals surface area contributed by atoms with Crippen LogP contribution in [0.15, 0.2) is 12.1 Å². The van der Waals surface area contributed by atoms with E-state index < -0.39 is 38.7 Å². The summed E-state index contributed by atoms with van der Waals surface area (Å²) >= 11 is 4.94. The fourth-order valence-electron chi connectivity index (χ4n) is 1.31. The summed E-state index contributed by atoms with van der Waals surface area (Å²) in [5.74, 6) is 0. The Morgan fingerprint density at radius 1 is 1.39 bits per heavy atom. The van der Waals surface area contributed by atoms with Crippen molar-refractivity contribution < 1.29 is 27.7 Å². The first-order valence-corrected chi connectivity index (χ1v) is 4.61. The molecule has 0 spiro atoms. The second kappa shape index (κ2) is 4.73. The Labute approximate surface area is 102 Å². The van der Waals surface area contributed by atoms with Crippen molar-refractivity contribution in [1.82, 2.24) is 0 Å². The lowest BCUT2D eigenvalue weighted by Gasteiger charge is -2.11. The van der Waals surface area contributed by atoms with Crippen molar-refractivity contribution in [3.63, 3.8) is 0 Å². The fourth-order valence-corrected chi connectivity index (χ4v) is 1.46. The molecular formula is C9H3ClF3NO4. The van der Waals surface area contributed by atoms with Gasteiger partial charge in [0.25, 0.3) is 10.9 Å². The highest BCUT2D eigenvalue weighted by molar-refractivity contribution is 6.68. The van der Waals surface area contributed by atoms with Gasteiger partial charge in [-0.25, -0.2) is 0 Å². The third-order valence-corrected chi connectivity index (χ3v) is 2.17. The van der Waals surface area contributed by atoms with Gasteiger partial charge in [-0.2, -0.15) is 13.2 Å². The Hall–Kier alpha value is -1.96. The largest absolute Gasteiger partial charge is 0.423 e. The number of nitrogens with zero attached hydrogens (tertiary/aromatic N) is 1. The van der Waals surface area contributed by atoms with E-state index in [4.69, 9.17) is 11.6 Å². The first-order valence-electron chi connectivity index (χ1n) is 4.23. The minimum absolute atomic E-state index is 0.0798. The molecule has 1 aromatic carbocycles. The van der Waals surface area contributed by atoms with Crippen LogP contribution in [0.5, 0.6) is 0 Å². The molecular weight excluding hydrogens is 279 g/mol. The molecule has 0 amide bonds. The molecule has 1 rings (SSSR count). The number of carbonyl (C=O) groups is 2. The summed E-state index contributed by atoms with van der Waals surface area (Å²) < 4.78 is 38.0. The summed E-state index contributed by atoms with van der Waals surface area (Å²) in [6.07, 6.45) is -5.06. The predicted octanol–water partition coefficient (Wildman–Crippen LogP) is 2.81. The maximum Gasteiger partial charge on any atom is 0.423 e. The van der Waals surface area contributed by atoms with E-state index in [-0.39, 0.29) is 6.29 Å². The molecule has 0 saturated carbocycles. The van der Waals surface area contributed by atoms with Crippen LogP contribution in [0.25, 0.3) is 0 Å². The van der Waals surface area contributed by atoms with Crippen molar-refractivity contribution in [2.45, 2.75) is 6.18 Å². The molecule has 18 heavy (non-hydrogen) atoms. The van der Waals surface area contributed by atoms with Crippen LogP contribution in [0.4, 0.5) is 18.9 Å². The topological polar surface area (TPSA) is 77.3 Å². The van der Waals surface area contributed by atoms with Crippen molar-refractivity contribution in [2.24, 2.45) is 0 Å².